The van der Waals surface area contributed by atoms with Crippen LogP contribution in [0.5, 0.6) is 0 Å². The Bertz CT molecular complexity index is 382. The highest BCUT2D eigenvalue weighted by Gasteiger charge is 2.24. The van der Waals surface area contributed by atoms with Crippen molar-refractivity contribution < 1.29 is 9.26 Å². The Hall–Kier alpha value is -0.870. The van der Waals surface area contributed by atoms with Crippen LogP contribution in [-0.4, -0.2) is 17.8 Å². The fourth-order valence-electron chi connectivity index (χ4n) is 3.11. The maximum absolute atomic E-state index is 5.99. The Morgan fingerprint density at radius 2 is 2.05 bits per heavy atom. The second kappa shape index (κ2) is 7.79. The zero-order chi connectivity index (χ0) is 14.4. The van der Waals surface area contributed by atoms with Crippen LogP contribution < -0.4 is 5.32 Å². The molecule has 114 valence electrons. The number of nitrogens with zero attached hydrogens (tertiary/aromatic N) is 1. The number of rotatable bonds is 7. The Morgan fingerprint density at radius 3 is 2.75 bits per heavy atom. The Labute approximate surface area is 122 Å². The molecule has 1 aliphatic carbocycles. The molecule has 1 aromatic rings. The SMILES string of the molecule is CCCNCc1cc(COC2CC(C)CC(C)C2)on1. The first-order valence-corrected chi connectivity index (χ1v) is 7.94. The van der Waals surface area contributed by atoms with Crippen LogP contribution in [0.4, 0.5) is 0 Å². The van der Waals surface area contributed by atoms with Gasteiger partial charge in [0, 0.05) is 12.6 Å². The van der Waals surface area contributed by atoms with Crippen LogP contribution in [0, 0.1) is 11.8 Å². The summed E-state index contributed by atoms with van der Waals surface area (Å²) < 4.78 is 11.3. The Balaban J connectivity index is 1.73. The van der Waals surface area contributed by atoms with E-state index in [9.17, 15) is 0 Å². The molecule has 1 saturated carbocycles. The second-order valence-corrected chi connectivity index (χ2v) is 6.31. The largest absolute Gasteiger partial charge is 0.370 e. The van der Waals surface area contributed by atoms with E-state index in [1.165, 1.54) is 19.3 Å². The highest BCUT2D eigenvalue weighted by atomic mass is 16.5. The van der Waals surface area contributed by atoms with E-state index in [0.29, 0.717) is 12.7 Å². The van der Waals surface area contributed by atoms with Crippen molar-refractivity contribution in [3.8, 4) is 0 Å². The molecule has 0 spiro atoms. The van der Waals surface area contributed by atoms with Crippen LogP contribution in [-0.2, 0) is 17.9 Å². The highest BCUT2D eigenvalue weighted by Crippen LogP contribution is 2.30. The van der Waals surface area contributed by atoms with Gasteiger partial charge in [0.25, 0.3) is 0 Å². The summed E-state index contributed by atoms with van der Waals surface area (Å²) in [6.45, 7) is 9.12. The first-order valence-electron chi connectivity index (χ1n) is 7.94. The molecule has 1 N–H and O–H groups in total. The highest BCUT2D eigenvalue weighted by molar-refractivity contribution is 5.04. The summed E-state index contributed by atoms with van der Waals surface area (Å²) in [5, 5.41) is 7.38. The molecule has 4 nitrogen and oxygen atoms in total. The molecule has 2 atom stereocenters. The lowest BCUT2D eigenvalue weighted by Gasteiger charge is -2.31. The van der Waals surface area contributed by atoms with E-state index in [-0.39, 0.29) is 0 Å². The van der Waals surface area contributed by atoms with E-state index in [2.05, 4.69) is 31.2 Å². The number of aromatic nitrogens is 1. The molecule has 0 aliphatic heterocycles. The van der Waals surface area contributed by atoms with Crippen molar-refractivity contribution in [2.75, 3.05) is 6.54 Å². The van der Waals surface area contributed by atoms with Crippen molar-refractivity contribution in [3.05, 3.63) is 17.5 Å². The third kappa shape index (κ3) is 4.91. The van der Waals surface area contributed by atoms with Gasteiger partial charge in [0.2, 0.25) is 0 Å². The lowest BCUT2D eigenvalue weighted by Crippen LogP contribution is -2.26. The third-order valence-electron chi connectivity index (χ3n) is 3.94. The van der Waals surface area contributed by atoms with Gasteiger partial charge in [0.05, 0.1) is 11.8 Å². The molecule has 2 rings (SSSR count). The molecular formula is C16H28N2O2. The smallest absolute Gasteiger partial charge is 0.162 e. The Morgan fingerprint density at radius 1 is 1.30 bits per heavy atom. The molecule has 1 fully saturated rings. The summed E-state index contributed by atoms with van der Waals surface area (Å²) in [6.07, 6.45) is 5.18. The van der Waals surface area contributed by atoms with Crippen molar-refractivity contribution in [3.63, 3.8) is 0 Å². The van der Waals surface area contributed by atoms with Crippen molar-refractivity contribution in [1.82, 2.24) is 10.5 Å². The standard InChI is InChI=1S/C16H28N2O2/c1-4-5-17-10-14-9-16(20-18-14)11-19-15-7-12(2)6-13(3)8-15/h9,12-13,15,17H,4-8,10-11H2,1-3H3. The van der Waals surface area contributed by atoms with Gasteiger partial charge in [-0.05, 0) is 44.1 Å². The van der Waals surface area contributed by atoms with Gasteiger partial charge in [-0.2, -0.15) is 0 Å². The third-order valence-corrected chi connectivity index (χ3v) is 3.94. The van der Waals surface area contributed by atoms with Crippen LogP contribution >= 0.6 is 0 Å². The minimum absolute atomic E-state index is 0.375. The molecule has 0 aromatic carbocycles. The van der Waals surface area contributed by atoms with E-state index in [1.807, 2.05) is 6.07 Å². The summed E-state index contributed by atoms with van der Waals surface area (Å²) in [6, 6.07) is 2.00. The van der Waals surface area contributed by atoms with E-state index in [0.717, 1.165) is 42.8 Å². The summed E-state index contributed by atoms with van der Waals surface area (Å²) in [5.74, 6) is 2.38. The van der Waals surface area contributed by atoms with Gasteiger partial charge in [-0.1, -0.05) is 25.9 Å². The predicted octanol–water partition coefficient (Wildman–Crippen LogP) is 3.52. The number of hydrogen-bond donors (Lipinski definition) is 1. The summed E-state index contributed by atoms with van der Waals surface area (Å²) in [7, 11) is 0. The van der Waals surface area contributed by atoms with Crippen LogP contribution in [0.25, 0.3) is 0 Å². The molecule has 1 heterocycles. The lowest BCUT2D eigenvalue weighted by molar-refractivity contribution is -0.0172. The maximum atomic E-state index is 5.99. The molecule has 0 saturated heterocycles. The second-order valence-electron chi connectivity index (χ2n) is 6.31. The van der Waals surface area contributed by atoms with E-state index < -0.39 is 0 Å². The number of hydrogen-bond acceptors (Lipinski definition) is 4. The van der Waals surface area contributed by atoms with E-state index in [4.69, 9.17) is 9.26 Å². The lowest BCUT2D eigenvalue weighted by atomic mass is 9.82. The monoisotopic (exact) mass is 280 g/mol. The molecule has 0 bridgehead atoms. The zero-order valence-corrected chi connectivity index (χ0v) is 13.0. The fourth-order valence-corrected chi connectivity index (χ4v) is 3.11. The molecule has 0 amide bonds. The molecule has 1 aromatic heterocycles. The summed E-state index contributed by atoms with van der Waals surface area (Å²) >= 11 is 0. The fraction of sp³-hybridized carbons (Fsp3) is 0.812. The number of nitrogens with one attached hydrogen (secondary N) is 1. The minimum Gasteiger partial charge on any atom is -0.370 e. The molecule has 0 radical (unpaired) electrons. The van der Waals surface area contributed by atoms with Gasteiger partial charge in [-0.15, -0.1) is 0 Å². The molecule has 1 aliphatic rings. The zero-order valence-electron chi connectivity index (χ0n) is 13.0. The van der Waals surface area contributed by atoms with Crippen LogP contribution in [0.2, 0.25) is 0 Å². The summed E-state index contributed by atoms with van der Waals surface area (Å²) in [4.78, 5) is 0. The first kappa shape index (κ1) is 15.5. The van der Waals surface area contributed by atoms with Gasteiger partial charge in [-0.25, -0.2) is 0 Å². The molecule has 4 heteroatoms. The Kier molecular flexibility index (Phi) is 6.05. The maximum Gasteiger partial charge on any atom is 0.162 e. The molecule has 20 heavy (non-hydrogen) atoms. The predicted molar refractivity (Wildman–Crippen MR) is 79.3 cm³/mol. The minimum atomic E-state index is 0.375. The van der Waals surface area contributed by atoms with Crippen molar-refractivity contribution in [2.24, 2.45) is 11.8 Å². The van der Waals surface area contributed by atoms with Crippen LogP contribution in [0.15, 0.2) is 10.6 Å². The van der Waals surface area contributed by atoms with E-state index >= 15 is 0 Å². The van der Waals surface area contributed by atoms with Gasteiger partial charge in [0.1, 0.15) is 6.61 Å². The van der Waals surface area contributed by atoms with Gasteiger partial charge in [-0.3, -0.25) is 0 Å². The number of ether oxygens (including phenoxy) is 1. The van der Waals surface area contributed by atoms with Gasteiger partial charge < -0.3 is 14.6 Å². The molecular weight excluding hydrogens is 252 g/mol. The summed E-state index contributed by atoms with van der Waals surface area (Å²) in [5.41, 5.74) is 0.961. The first-order chi connectivity index (χ1) is 9.67. The van der Waals surface area contributed by atoms with Crippen molar-refractivity contribution in [1.29, 1.82) is 0 Å². The average molecular weight is 280 g/mol. The van der Waals surface area contributed by atoms with Crippen LogP contribution in [0.1, 0.15) is 57.9 Å². The van der Waals surface area contributed by atoms with Gasteiger partial charge >= 0.3 is 0 Å². The van der Waals surface area contributed by atoms with Gasteiger partial charge in [0.15, 0.2) is 5.76 Å². The van der Waals surface area contributed by atoms with Crippen molar-refractivity contribution in [2.45, 2.75) is 65.7 Å². The quantitative estimate of drug-likeness (QED) is 0.776. The molecule has 2 unspecified atom stereocenters. The topological polar surface area (TPSA) is 47.3 Å². The normalized spacial score (nSPS) is 26.9. The average Bonchev–Trinajstić information content (AvgIpc) is 2.84. The van der Waals surface area contributed by atoms with E-state index in [1.54, 1.807) is 0 Å². The van der Waals surface area contributed by atoms with Crippen molar-refractivity contribution >= 4 is 0 Å². The van der Waals surface area contributed by atoms with Crippen LogP contribution in [0.3, 0.4) is 0 Å².